The Morgan fingerprint density at radius 1 is 1.25 bits per heavy atom. The summed E-state index contributed by atoms with van der Waals surface area (Å²) in [5, 5.41) is 10.7. The number of benzene rings is 2. The van der Waals surface area contributed by atoms with Crippen molar-refractivity contribution in [3.8, 4) is 11.5 Å². The highest BCUT2D eigenvalue weighted by atomic mass is 35.5. The summed E-state index contributed by atoms with van der Waals surface area (Å²) in [4.78, 5) is 10.0. The molecule has 0 aromatic heterocycles. The molecule has 0 amide bonds. The van der Waals surface area contributed by atoms with Gasteiger partial charge >= 0.3 is 0 Å². The van der Waals surface area contributed by atoms with Crippen LogP contribution < -0.4 is 4.74 Å². The van der Waals surface area contributed by atoms with Crippen LogP contribution in [-0.2, 0) is 5.88 Å². The van der Waals surface area contributed by atoms with E-state index in [9.17, 15) is 14.5 Å². The van der Waals surface area contributed by atoms with Crippen molar-refractivity contribution in [2.24, 2.45) is 0 Å². The fourth-order valence-corrected chi connectivity index (χ4v) is 1.94. The molecule has 0 bridgehead atoms. The first-order valence-corrected chi connectivity index (χ1v) is 6.38. The van der Waals surface area contributed by atoms with Gasteiger partial charge in [-0.05, 0) is 23.8 Å². The zero-order chi connectivity index (χ0) is 14.7. The Balaban J connectivity index is 2.30. The van der Waals surface area contributed by atoms with Gasteiger partial charge in [0.2, 0.25) is 0 Å². The molecule has 0 aliphatic heterocycles. The van der Waals surface area contributed by atoms with E-state index in [0.717, 1.165) is 0 Å². The number of alkyl halides is 1. The van der Waals surface area contributed by atoms with Crippen LogP contribution in [0.4, 0.5) is 10.1 Å². The molecule has 0 spiro atoms. The first kappa shape index (κ1) is 14.6. The Kier molecular flexibility index (Phi) is 4.42. The molecule has 104 valence electrons. The Morgan fingerprint density at radius 2 is 2.00 bits per heavy atom. The molecular formula is C13H8Cl2FNO3. The normalized spacial score (nSPS) is 10.3. The molecule has 2 rings (SSSR count). The average molecular weight is 316 g/mol. The highest BCUT2D eigenvalue weighted by molar-refractivity contribution is 6.32. The van der Waals surface area contributed by atoms with Crippen molar-refractivity contribution in [3.05, 3.63) is 62.9 Å². The number of nitro benzene ring substituents is 1. The van der Waals surface area contributed by atoms with E-state index in [0.29, 0.717) is 5.56 Å². The third-order valence-corrected chi connectivity index (χ3v) is 3.04. The molecule has 0 aliphatic carbocycles. The molecule has 0 saturated heterocycles. The van der Waals surface area contributed by atoms with E-state index in [1.54, 1.807) is 6.07 Å². The summed E-state index contributed by atoms with van der Waals surface area (Å²) in [6.45, 7) is 0. The first-order valence-electron chi connectivity index (χ1n) is 5.47. The molecule has 0 aliphatic rings. The summed E-state index contributed by atoms with van der Waals surface area (Å²) in [5.41, 5.74) is 0.405. The number of hydrogen-bond acceptors (Lipinski definition) is 3. The number of rotatable bonds is 4. The number of nitro groups is 1. The zero-order valence-electron chi connectivity index (χ0n) is 9.98. The number of nitrogens with zero attached hydrogens (tertiary/aromatic N) is 1. The van der Waals surface area contributed by atoms with Gasteiger partial charge in [-0.1, -0.05) is 11.6 Å². The molecule has 7 heteroatoms. The molecule has 0 unspecified atom stereocenters. The van der Waals surface area contributed by atoms with Crippen LogP contribution in [0.5, 0.6) is 11.5 Å². The second-order valence-corrected chi connectivity index (χ2v) is 4.58. The molecule has 2 aromatic carbocycles. The van der Waals surface area contributed by atoms with E-state index >= 15 is 0 Å². The number of hydrogen-bond donors (Lipinski definition) is 0. The van der Waals surface area contributed by atoms with Gasteiger partial charge in [0.05, 0.1) is 9.95 Å². The summed E-state index contributed by atoms with van der Waals surface area (Å²) >= 11 is 11.5. The monoisotopic (exact) mass is 315 g/mol. The van der Waals surface area contributed by atoms with Crippen molar-refractivity contribution in [3.63, 3.8) is 0 Å². The van der Waals surface area contributed by atoms with Gasteiger partial charge < -0.3 is 4.74 Å². The van der Waals surface area contributed by atoms with E-state index in [-0.39, 0.29) is 28.1 Å². The van der Waals surface area contributed by atoms with Crippen LogP contribution in [0.25, 0.3) is 0 Å². The maximum absolute atomic E-state index is 13.3. The van der Waals surface area contributed by atoms with E-state index in [1.165, 1.54) is 30.3 Å². The highest BCUT2D eigenvalue weighted by Crippen LogP contribution is 2.33. The molecular weight excluding hydrogens is 308 g/mol. The van der Waals surface area contributed by atoms with Crippen molar-refractivity contribution in [2.75, 3.05) is 0 Å². The van der Waals surface area contributed by atoms with Crippen molar-refractivity contribution in [1.82, 2.24) is 0 Å². The van der Waals surface area contributed by atoms with Crippen molar-refractivity contribution < 1.29 is 14.1 Å². The van der Waals surface area contributed by atoms with Gasteiger partial charge in [-0.2, -0.15) is 0 Å². The molecule has 0 N–H and O–H groups in total. The van der Waals surface area contributed by atoms with Gasteiger partial charge in [-0.3, -0.25) is 10.1 Å². The van der Waals surface area contributed by atoms with Crippen molar-refractivity contribution in [1.29, 1.82) is 0 Å². The lowest BCUT2D eigenvalue weighted by atomic mass is 10.2. The van der Waals surface area contributed by atoms with Gasteiger partial charge in [0.15, 0.2) is 0 Å². The van der Waals surface area contributed by atoms with E-state index < -0.39 is 10.7 Å². The standard InChI is InChI=1S/C13H8Cl2FNO3/c14-7-8-3-9(16)5-11(4-8)20-13-2-1-10(17(18)19)6-12(13)15/h1-6H,7H2. The quantitative estimate of drug-likeness (QED) is 0.457. The third-order valence-electron chi connectivity index (χ3n) is 2.44. The minimum Gasteiger partial charge on any atom is -0.456 e. The third kappa shape index (κ3) is 3.37. The van der Waals surface area contributed by atoms with Gasteiger partial charge in [-0.25, -0.2) is 4.39 Å². The van der Waals surface area contributed by atoms with Crippen LogP contribution >= 0.6 is 23.2 Å². The van der Waals surface area contributed by atoms with Crippen molar-refractivity contribution >= 4 is 28.9 Å². The van der Waals surface area contributed by atoms with Crippen LogP contribution in [0.1, 0.15) is 5.56 Å². The Hall–Kier alpha value is -1.85. The summed E-state index contributed by atoms with van der Waals surface area (Å²) in [7, 11) is 0. The fourth-order valence-electron chi connectivity index (χ4n) is 1.57. The molecule has 4 nitrogen and oxygen atoms in total. The summed E-state index contributed by atoms with van der Waals surface area (Å²) in [5.74, 6) is 0.0678. The smallest absolute Gasteiger partial charge is 0.271 e. The lowest BCUT2D eigenvalue weighted by Crippen LogP contribution is -1.91. The summed E-state index contributed by atoms with van der Waals surface area (Å²) in [6, 6.07) is 7.80. The highest BCUT2D eigenvalue weighted by Gasteiger charge is 2.11. The number of non-ortho nitro benzene ring substituents is 1. The number of halogens is 3. The van der Waals surface area contributed by atoms with Gasteiger partial charge in [-0.15, -0.1) is 11.6 Å². The maximum Gasteiger partial charge on any atom is 0.271 e. The lowest BCUT2D eigenvalue weighted by Gasteiger charge is -2.08. The van der Waals surface area contributed by atoms with E-state index in [2.05, 4.69) is 0 Å². The largest absolute Gasteiger partial charge is 0.456 e. The minimum absolute atomic E-state index is 0.0656. The lowest BCUT2D eigenvalue weighted by molar-refractivity contribution is -0.384. The van der Waals surface area contributed by atoms with E-state index in [1.807, 2.05) is 0 Å². The molecule has 0 saturated carbocycles. The molecule has 0 heterocycles. The second kappa shape index (κ2) is 6.07. The Labute approximate surface area is 123 Å². The van der Waals surface area contributed by atoms with Gasteiger partial charge in [0.1, 0.15) is 17.3 Å². The summed E-state index contributed by atoms with van der Waals surface area (Å²) in [6.07, 6.45) is 0. The Bertz CT molecular complexity index is 664. The predicted octanol–water partition coefficient (Wildman–Crippen LogP) is 4.92. The first-order chi connectivity index (χ1) is 9.49. The predicted molar refractivity (Wildman–Crippen MR) is 74.1 cm³/mol. The van der Waals surface area contributed by atoms with Crippen LogP contribution in [0, 0.1) is 15.9 Å². The van der Waals surface area contributed by atoms with Crippen LogP contribution in [0.2, 0.25) is 5.02 Å². The maximum atomic E-state index is 13.3. The van der Waals surface area contributed by atoms with Gasteiger partial charge in [0, 0.05) is 24.1 Å². The fraction of sp³-hybridized carbons (Fsp3) is 0.0769. The second-order valence-electron chi connectivity index (χ2n) is 3.90. The molecule has 20 heavy (non-hydrogen) atoms. The van der Waals surface area contributed by atoms with Crippen molar-refractivity contribution in [2.45, 2.75) is 5.88 Å². The SMILES string of the molecule is O=[N+]([O-])c1ccc(Oc2cc(F)cc(CCl)c2)c(Cl)c1. The molecule has 0 atom stereocenters. The summed E-state index contributed by atoms with van der Waals surface area (Å²) < 4.78 is 18.7. The average Bonchev–Trinajstić information content (AvgIpc) is 2.40. The zero-order valence-corrected chi connectivity index (χ0v) is 11.5. The minimum atomic E-state index is -0.566. The van der Waals surface area contributed by atoms with Crippen LogP contribution in [0.3, 0.4) is 0 Å². The molecule has 0 radical (unpaired) electrons. The number of ether oxygens (including phenoxy) is 1. The van der Waals surface area contributed by atoms with Gasteiger partial charge in [0.25, 0.3) is 5.69 Å². The topological polar surface area (TPSA) is 52.4 Å². The van der Waals surface area contributed by atoms with Crippen LogP contribution in [0.15, 0.2) is 36.4 Å². The molecule has 2 aromatic rings. The van der Waals surface area contributed by atoms with E-state index in [4.69, 9.17) is 27.9 Å². The van der Waals surface area contributed by atoms with Crippen LogP contribution in [-0.4, -0.2) is 4.92 Å². The molecule has 0 fully saturated rings. The Morgan fingerprint density at radius 3 is 2.60 bits per heavy atom.